The van der Waals surface area contributed by atoms with Crippen molar-refractivity contribution in [1.29, 1.82) is 0 Å². The van der Waals surface area contributed by atoms with Gasteiger partial charge in [-0.05, 0) is 50.0 Å². The predicted octanol–water partition coefficient (Wildman–Crippen LogP) is -1.54. The molecule has 0 atom stereocenters. The summed E-state index contributed by atoms with van der Waals surface area (Å²) in [7, 11) is 0. The zero-order valence-corrected chi connectivity index (χ0v) is 12.9. The molecule has 0 aliphatic carbocycles. The number of carbonyl (C=O) groups is 1. The molecule has 0 bridgehead atoms. The summed E-state index contributed by atoms with van der Waals surface area (Å²) in [6, 6.07) is 8.32. The Hall–Kier alpha value is -0.273. The minimum Gasteiger partial charge on any atom is -0.550 e. The Balaban J connectivity index is 0.00000180. The number of aliphatic carboxylic acids is 1. The van der Waals surface area contributed by atoms with Gasteiger partial charge in [-0.3, -0.25) is 0 Å². The van der Waals surface area contributed by atoms with E-state index in [0.717, 1.165) is 43.4 Å². The average Bonchev–Trinajstić information content (AvgIpc) is 2.37. The number of carboxylic acid groups (broad SMARTS) is 1. The molecule has 0 amide bonds. The number of nitrogens with zero attached hydrogens (tertiary/aromatic N) is 1. The molecule has 1 saturated heterocycles. The van der Waals surface area contributed by atoms with Crippen LogP contribution >= 0.6 is 15.9 Å². The van der Waals surface area contributed by atoms with Gasteiger partial charge in [-0.25, -0.2) is 0 Å². The van der Waals surface area contributed by atoms with Crippen LogP contribution in [0.1, 0.15) is 18.4 Å². The van der Waals surface area contributed by atoms with Crippen molar-refractivity contribution in [1.82, 2.24) is 4.90 Å². The Kier molecular flexibility index (Phi) is 7.16. The topological polar surface area (TPSA) is 43.4 Å². The molecule has 1 aromatic carbocycles. The Labute approximate surface area is 134 Å². The van der Waals surface area contributed by atoms with E-state index in [1.807, 2.05) is 12.1 Å². The van der Waals surface area contributed by atoms with E-state index in [-0.39, 0.29) is 24.8 Å². The van der Waals surface area contributed by atoms with Crippen molar-refractivity contribution in [2.45, 2.75) is 19.3 Å². The van der Waals surface area contributed by atoms with Crippen LogP contribution in [0.3, 0.4) is 0 Å². The third-order valence-corrected chi connectivity index (χ3v) is 4.02. The van der Waals surface area contributed by atoms with Gasteiger partial charge in [0.2, 0.25) is 0 Å². The molecule has 19 heavy (non-hydrogen) atoms. The van der Waals surface area contributed by atoms with Gasteiger partial charge in [0.05, 0.1) is 0 Å². The fourth-order valence-electron chi connectivity index (χ4n) is 2.37. The zero-order valence-electron chi connectivity index (χ0n) is 11.3. The minimum absolute atomic E-state index is 0. The molecule has 1 aliphatic rings. The molecule has 0 unspecified atom stereocenters. The Morgan fingerprint density at radius 2 is 2.05 bits per heavy atom. The summed E-state index contributed by atoms with van der Waals surface area (Å²) < 4.78 is 1.11. The largest absolute Gasteiger partial charge is 1.00 e. The first-order chi connectivity index (χ1) is 8.65. The molecule has 0 spiro atoms. The summed E-state index contributed by atoms with van der Waals surface area (Å²) in [5.74, 6) is -1.13. The maximum atomic E-state index is 10.7. The maximum absolute atomic E-state index is 10.7. The molecule has 0 saturated carbocycles. The monoisotopic (exact) mass is 317 g/mol. The van der Waals surface area contributed by atoms with Gasteiger partial charge in [-0.1, -0.05) is 28.1 Å². The van der Waals surface area contributed by atoms with E-state index >= 15 is 0 Å². The number of benzene rings is 1. The third kappa shape index (κ3) is 5.31. The van der Waals surface area contributed by atoms with Crippen molar-refractivity contribution < 1.29 is 28.8 Å². The van der Waals surface area contributed by atoms with Crippen LogP contribution in [0.5, 0.6) is 0 Å². The molecule has 1 aromatic rings. The third-order valence-electron chi connectivity index (χ3n) is 3.53. The summed E-state index contributed by atoms with van der Waals surface area (Å²) in [5, 5.41) is 10.7. The van der Waals surface area contributed by atoms with Crippen molar-refractivity contribution >= 4 is 21.9 Å². The van der Waals surface area contributed by atoms with E-state index in [4.69, 9.17) is 0 Å². The molecule has 1 aliphatic heterocycles. The first kappa shape index (κ1) is 16.8. The fourth-order valence-corrected chi connectivity index (χ4v) is 2.82. The summed E-state index contributed by atoms with van der Waals surface area (Å²) >= 11 is 3.47. The summed E-state index contributed by atoms with van der Waals surface area (Å²) in [6.45, 7) is 2.73. The van der Waals surface area contributed by atoms with Crippen LogP contribution in [0.25, 0.3) is 0 Å². The van der Waals surface area contributed by atoms with E-state index in [0.29, 0.717) is 0 Å². The molecule has 98 valence electrons. The number of hydrogen-bond donors (Lipinski definition) is 0. The van der Waals surface area contributed by atoms with Gasteiger partial charge in [0.1, 0.15) is 0 Å². The predicted molar refractivity (Wildman–Crippen MR) is 72.0 cm³/mol. The number of piperidine rings is 1. The van der Waals surface area contributed by atoms with Crippen LogP contribution in [0, 0.1) is 5.92 Å². The van der Waals surface area contributed by atoms with Gasteiger partial charge in [0.25, 0.3) is 0 Å². The van der Waals surface area contributed by atoms with Crippen molar-refractivity contribution in [3.05, 3.63) is 34.3 Å². The van der Waals surface area contributed by atoms with Gasteiger partial charge < -0.3 is 14.8 Å². The van der Waals surface area contributed by atoms with Crippen molar-refractivity contribution in [2.24, 2.45) is 5.92 Å². The molecule has 2 rings (SSSR count). The number of likely N-dealkylation sites (tertiary alicyclic amines) is 1. The van der Waals surface area contributed by atoms with Crippen LogP contribution in [0.4, 0.5) is 0 Å². The first-order valence-electron chi connectivity index (χ1n) is 6.33. The zero-order chi connectivity index (χ0) is 13.0. The van der Waals surface area contributed by atoms with Gasteiger partial charge in [-0.2, -0.15) is 0 Å². The second kappa shape index (κ2) is 8.11. The van der Waals surface area contributed by atoms with Crippen LogP contribution in [-0.2, 0) is 11.2 Å². The molecule has 0 radical (unpaired) electrons. The van der Waals surface area contributed by atoms with Gasteiger partial charge in [0, 0.05) is 22.9 Å². The standard InChI is InChI=1S/C14H18BrNO2.Li/c15-13-3-1-2-11(10-13)4-7-16-8-5-12(6-9-16)14(17)18;/h1-3,10,12H,4-9H2,(H,17,18);/q;+1/p-1. The van der Waals surface area contributed by atoms with E-state index < -0.39 is 5.97 Å². The van der Waals surface area contributed by atoms with Crippen LogP contribution < -0.4 is 24.0 Å². The SMILES string of the molecule is O=C([O-])C1CCN(CCc2cccc(Br)c2)CC1.[Li+]. The van der Waals surface area contributed by atoms with E-state index in [2.05, 4.69) is 33.0 Å². The van der Waals surface area contributed by atoms with Gasteiger partial charge in [0.15, 0.2) is 0 Å². The second-order valence-electron chi connectivity index (χ2n) is 4.81. The molecule has 0 N–H and O–H groups in total. The Bertz CT molecular complexity index is 420. The Morgan fingerprint density at radius 3 is 2.63 bits per heavy atom. The number of carboxylic acids is 1. The summed E-state index contributed by atoms with van der Waals surface area (Å²) in [4.78, 5) is 13.1. The van der Waals surface area contributed by atoms with Crippen LogP contribution in [-0.4, -0.2) is 30.5 Å². The maximum Gasteiger partial charge on any atom is 1.00 e. The second-order valence-corrected chi connectivity index (χ2v) is 5.73. The van der Waals surface area contributed by atoms with E-state index in [9.17, 15) is 9.90 Å². The van der Waals surface area contributed by atoms with Gasteiger partial charge in [-0.15, -0.1) is 0 Å². The Morgan fingerprint density at radius 1 is 1.37 bits per heavy atom. The molecule has 5 heteroatoms. The van der Waals surface area contributed by atoms with Crippen LogP contribution in [0.2, 0.25) is 0 Å². The van der Waals surface area contributed by atoms with E-state index in [1.165, 1.54) is 5.56 Å². The molecule has 3 nitrogen and oxygen atoms in total. The number of hydrogen-bond acceptors (Lipinski definition) is 3. The van der Waals surface area contributed by atoms with Crippen molar-refractivity contribution in [2.75, 3.05) is 19.6 Å². The molecule has 0 aromatic heterocycles. The van der Waals surface area contributed by atoms with Crippen LogP contribution in [0.15, 0.2) is 28.7 Å². The van der Waals surface area contributed by atoms with E-state index in [1.54, 1.807) is 0 Å². The van der Waals surface area contributed by atoms with Crippen molar-refractivity contribution in [3.8, 4) is 0 Å². The number of halogens is 1. The summed E-state index contributed by atoms with van der Waals surface area (Å²) in [5.41, 5.74) is 1.31. The molecule has 1 fully saturated rings. The fraction of sp³-hybridized carbons (Fsp3) is 0.500. The van der Waals surface area contributed by atoms with Crippen molar-refractivity contribution in [3.63, 3.8) is 0 Å². The molecular weight excluding hydrogens is 301 g/mol. The molecular formula is C14H17BrLiNO2. The average molecular weight is 318 g/mol. The number of rotatable bonds is 4. The minimum atomic E-state index is -0.887. The van der Waals surface area contributed by atoms with Gasteiger partial charge >= 0.3 is 18.9 Å². The normalized spacial score (nSPS) is 16.9. The quantitative estimate of drug-likeness (QED) is 0.632. The smallest absolute Gasteiger partial charge is 0.550 e. The summed E-state index contributed by atoms with van der Waals surface area (Å²) in [6.07, 6.45) is 2.46. The first-order valence-corrected chi connectivity index (χ1v) is 7.12. The number of carbonyl (C=O) groups excluding carboxylic acids is 1. The molecule has 1 heterocycles.